The molecule has 23 heavy (non-hydrogen) atoms. The molecule has 0 spiro atoms. The molecule has 2 aromatic heterocycles. The summed E-state index contributed by atoms with van der Waals surface area (Å²) in [6, 6.07) is 4.19. The maximum absolute atomic E-state index is 12.4. The van der Waals surface area contributed by atoms with Crippen LogP contribution in [0.1, 0.15) is 21.7 Å². The van der Waals surface area contributed by atoms with Crippen LogP contribution >= 0.6 is 11.3 Å². The van der Waals surface area contributed by atoms with Gasteiger partial charge in [0.2, 0.25) is 5.82 Å². The summed E-state index contributed by atoms with van der Waals surface area (Å²) in [5.74, 6) is 2.57. The summed E-state index contributed by atoms with van der Waals surface area (Å²) in [5.41, 5.74) is 3.39. The molecule has 0 atom stereocenters. The zero-order valence-electron chi connectivity index (χ0n) is 13.2. The number of fused-ring (bicyclic) bond motifs is 1. The molecule has 6 heteroatoms. The molecule has 0 aliphatic heterocycles. The molecule has 0 N–H and O–H groups in total. The monoisotopic (exact) mass is 324 g/mol. The lowest BCUT2D eigenvalue weighted by molar-refractivity contribution is 0.0985. The van der Waals surface area contributed by atoms with Crippen molar-refractivity contribution in [1.82, 2.24) is 14.1 Å². The second-order valence-corrected chi connectivity index (χ2v) is 6.37. The maximum Gasteiger partial charge on any atom is 0.315 e. The first kappa shape index (κ1) is 15.3. The summed E-state index contributed by atoms with van der Waals surface area (Å²) < 4.78 is 4.61. The van der Waals surface area contributed by atoms with E-state index < -0.39 is 0 Å². The largest absolute Gasteiger partial charge is 0.330 e. The molecule has 3 rings (SSSR count). The molecule has 2 heterocycles. The van der Waals surface area contributed by atoms with E-state index in [-0.39, 0.29) is 5.91 Å². The Kier molecular flexibility index (Phi) is 3.89. The van der Waals surface area contributed by atoms with Gasteiger partial charge in [-0.3, -0.25) is 4.79 Å². The predicted molar refractivity (Wildman–Crippen MR) is 91.2 cm³/mol. The van der Waals surface area contributed by atoms with Gasteiger partial charge < -0.3 is 9.13 Å². The van der Waals surface area contributed by atoms with Crippen molar-refractivity contribution in [2.75, 3.05) is 0 Å². The summed E-state index contributed by atoms with van der Waals surface area (Å²) in [7, 11) is 1.77. The lowest BCUT2D eigenvalue weighted by atomic mass is 10.1. The third-order valence-electron chi connectivity index (χ3n) is 3.76. The number of benzene rings is 1. The minimum atomic E-state index is -0.372. The Hall–Kier alpha value is -2.65. The van der Waals surface area contributed by atoms with Gasteiger partial charge in [-0.2, -0.15) is 4.99 Å². The highest BCUT2D eigenvalue weighted by molar-refractivity contribution is 7.16. The van der Waals surface area contributed by atoms with Gasteiger partial charge in [-0.1, -0.05) is 17.3 Å². The van der Waals surface area contributed by atoms with E-state index in [0.29, 0.717) is 17.2 Å². The van der Waals surface area contributed by atoms with Crippen LogP contribution < -0.4 is 4.80 Å². The Labute approximate surface area is 137 Å². The number of thiazole rings is 1. The highest BCUT2D eigenvalue weighted by Crippen LogP contribution is 2.22. The first-order chi connectivity index (χ1) is 11.0. The Balaban J connectivity index is 2.22. The average Bonchev–Trinajstić information content (AvgIpc) is 3.06. The number of hydrogen-bond donors (Lipinski definition) is 0. The number of aromatic nitrogens is 3. The van der Waals surface area contributed by atoms with Crippen molar-refractivity contribution in [3.63, 3.8) is 0 Å². The van der Waals surface area contributed by atoms with Crippen LogP contribution in [0.2, 0.25) is 0 Å². The van der Waals surface area contributed by atoms with E-state index in [1.165, 1.54) is 22.5 Å². The summed E-state index contributed by atoms with van der Waals surface area (Å²) in [4.78, 5) is 21.2. The molecule has 0 aliphatic rings. The molecular formula is C17H16N4OS. The molecule has 0 radical (unpaired) electrons. The molecule has 0 aliphatic carbocycles. The van der Waals surface area contributed by atoms with E-state index in [9.17, 15) is 4.79 Å². The van der Waals surface area contributed by atoms with Gasteiger partial charge in [0.15, 0.2) is 4.80 Å². The van der Waals surface area contributed by atoms with Gasteiger partial charge in [-0.05, 0) is 37.1 Å². The van der Waals surface area contributed by atoms with Crippen molar-refractivity contribution >= 4 is 27.5 Å². The van der Waals surface area contributed by atoms with Crippen LogP contribution in [0.25, 0.3) is 10.2 Å². The zero-order chi connectivity index (χ0) is 16.6. The molecule has 0 unspecified atom stereocenters. The second kappa shape index (κ2) is 5.86. The standard InChI is InChI=1S/C17H16N4OS/c1-5-7-21-13-9-11(2)12(3)10-14(13)23-17(21)19-16(22)15-18-6-8-20(15)4/h1,6,8-10H,7H2,2-4H3. The van der Waals surface area contributed by atoms with Gasteiger partial charge in [0.1, 0.15) is 0 Å². The molecule has 0 saturated carbocycles. The number of rotatable bonds is 2. The van der Waals surface area contributed by atoms with Crippen molar-refractivity contribution in [3.05, 3.63) is 46.3 Å². The quantitative estimate of drug-likeness (QED) is 0.680. The van der Waals surface area contributed by atoms with Crippen LogP contribution in [0.4, 0.5) is 0 Å². The third-order valence-corrected chi connectivity index (χ3v) is 4.80. The van der Waals surface area contributed by atoms with Crippen LogP contribution in [0, 0.1) is 26.2 Å². The lowest BCUT2D eigenvalue weighted by Crippen LogP contribution is -2.17. The molecule has 0 fully saturated rings. The molecule has 1 amide bonds. The fourth-order valence-electron chi connectivity index (χ4n) is 2.36. The van der Waals surface area contributed by atoms with Gasteiger partial charge in [0, 0.05) is 19.4 Å². The normalized spacial score (nSPS) is 11.8. The van der Waals surface area contributed by atoms with Gasteiger partial charge >= 0.3 is 5.91 Å². The number of amides is 1. The van der Waals surface area contributed by atoms with E-state index in [4.69, 9.17) is 6.42 Å². The molecule has 116 valence electrons. The summed E-state index contributed by atoms with van der Waals surface area (Å²) in [6.45, 7) is 4.49. The van der Waals surface area contributed by atoms with Crippen molar-refractivity contribution in [2.45, 2.75) is 20.4 Å². The topological polar surface area (TPSA) is 52.2 Å². The van der Waals surface area contributed by atoms with Crippen molar-refractivity contribution in [2.24, 2.45) is 12.0 Å². The first-order valence-corrected chi connectivity index (χ1v) is 7.93. The molecule has 0 saturated heterocycles. The highest BCUT2D eigenvalue weighted by Gasteiger charge is 2.12. The number of terminal acetylenes is 1. The summed E-state index contributed by atoms with van der Waals surface area (Å²) >= 11 is 1.46. The van der Waals surface area contributed by atoms with E-state index in [0.717, 1.165) is 10.2 Å². The SMILES string of the molecule is C#CCn1c(=NC(=O)c2nccn2C)sc2cc(C)c(C)cc21. The van der Waals surface area contributed by atoms with Crippen molar-refractivity contribution < 1.29 is 4.79 Å². The number of hydrogen-bond acceptors (Lipinski definition) is 3. The average molecular weight is 324 g/mol. The van der Waals surface area contributed by atoms with Crippen LogP contribution in [-0.2, 0) is 13.6 Å². The van der Waals surface area contributed by atoms with Gasteiger partial charge in [-0.15, -0.1) is 6.42 Å². The maximum atomic E-state index is 12.4. The second-order valence-electron chi connectivity index (χ2n) is 5.36. The minimum absolute atomic E-state index is 0.307. The number of aryl methyl sites for hydroxylation is 3. The number of nitrogens with zero attached hydrogens (tertiary/aromatic N) is 4. The molecular weight excluding hydrogens is 308 g/mol. The van der Waals surface area contributed by atoms with E-state index in [1.807, 2.05) is 4.57 Å². The Morgan fingerprint density at radius 3 is 2.78 bits per heavy atom. The fraction of sp³-hybridized carbons (Fsp3) is 0.235. The van der Waals surface area contributed by atoms with Crippen LogP contribution in [0.3, 0.4) is 0 Å². The number of carbonyl (C=O) groups excluding carboxylic acids is 1. The van der Waals surface area contributed by atoms with Gasteiger partial charge in [-0.25, -0.2) is 4.98 Å². The Morgan fingerprint density at radius 1 is 1.39 bits per heavy atom. The van der Waals surface area contributed by atoms with Gasteiger partial charge in [0.05, 0.1) is 16.8 Å². The summed E-state index contributed by atoms with van der Waals surface area (Å²) in [5, 5.41) is 0. The molecule has 3 aromatic rings. The van der Waals surface area contributed by atoms with Gasteiger partial charge in [0.25, 0.3) is 0 Å². The Bertz CT molecular complexity index is 1010. The summed E-state index contributed by atoms with van der Waals surface area (Å²) in [6.07, 6.45) is 8.79. The predicted octanol–water partition coefficient (Wildman–Crippen LogP) is 2.43. The van der Waals surface area contributed by atoms with E-state index in [2.05, 4.69) is 41.9 Å². The molecule has 5 nitrogen and oxygen atoms in total. The van der Waals surface area contributed by atoms with Crippen LogP contribution in [0.5, 0.6) is 0 Å². The molecule has 1 aromatic carbocycles. The minimum Gasteiger partial charge on any atom is -0.330 e. The van der Waals surface area contributed by atoms with Crippen molar-refractivity contribution in [1.29, 1.82) is 0 Å². The zero-order valence-corrected chi connectivity index (χ0v) is 14.0. The van der Waals surface area contributed by atoms with E-state index in [1.54, 1.807) is 24.0 Å². The number of carbonyl (C=O) groups is 1. The van der Waals surface area contributed by atoms with Crippen LogP contribution in [-0.4, -0.2) is 20.0 Å². The van der Waals surface area contributed by atoms with E-state index >= 15 is 0 Å². The third kappa shape index (κ3) is 2.71. The molecule has 0 bridgehead atoms. The Morgan fingerprint density at radius 2 is 2.13 bits per heavy atom. The highest BCUT2D eigenvalue weighted by atomic mass is 32.1. The van der Waals surface area contributed by atoms with Crippen molar-refractivity contribution in [3.8, 4) is 12.3 Å². The van der Waals surface area contributed by atoms with Crippen LogP contribution in [0.15, 0.2) is 29.5 Å². The fourth-order valence-corrected chi connectivity index (χ4v) is 3.47. The lowest BCUT2D eigenvalue weighted by Gasteiger charge is -2.03. The number of imidazole rings is 1. The first-order valence-electron chi connectivity index (χ1n) is 7.11. The smallest absolute Gasteiger partial charge is 0.315 e.